The van der Waals surface area contributed by atoms with E-state index in [2.05, 4.69) is 9.98 Å². The van der Waals surface area contributed by atoms with Gasteiger partial charge in [0, 0.05) is 12.3 Å². The number of hydrogen-bond acceptors (Lipinski definition) is 6. The Hall–Kier alpha value is -2.97. The Balaban J connectivity index is 2.01. The van der Waals surface area contributed by atoms with Gasteiger partial charge in [-0.3, -0.25) is 4.98 Å². The molecule has 0 fully saturated rings. The van der Waals surface area contributed by atoms with Crippen molar-refractivity contribution in [3.8, 4) is 0 Å². The number of furan rings is 1. The molecule has 0 aliphatic carbocycles. The van der Waals surface area contributed by atoms with Crippen LogP contribution in [0.4, 0.5) is 13.2 Å². The molecule has 0 bridgehead atoms. The summed E-state index contributed by atoms with van der Waals surface area (Å²) in [5.74, 6) is 0.884. The number of nitrogens with two attached hydrogens (primary N) is 1. The molecule has 25 heavy (non-hydrogen) atoms. The van der Waals surface area contributed by atoms with Gasteiger partial charge >= 0.3 is 6.18 Å². The van der Waals surface area contributed by atoms with Crippen LogP contribution in [0, 0.1) is 0 Å². The zero-order chi connectivity index (χ0) is 18.0. The van der Waals surface area contributed by atoms with Gasteiger partial charge < -0.3 is 19.8 Å². The normalized spacial score (nSPS) is 17.9. The Morgan fingerprint density at radius 3 is 2.76 bits per heavy atom. The first-order valence-corrected chi connectivity index (χ1v) is 7.30. The number of pyridine rings is 1. The Bertz CT molecular complexity index is 800. The van der Waals surface area contributed by atoms with E-state index >= 15 is 0 Å². The Morgan fingerprint density at radius 1 is 1.32 bits per heavy atom. The maximum Gasteiger partial charge on any atom is 0.418 e. The van der Waals surface area contributed by atoms with Crippen LogP contribution in [0.25, 0.3) is 0 Å². The standard InChI is InChI=1S/C16H15F3N4O2/c1-24-14-8-13(20)22-15(12-5-3-7-25-12)23(14)9-11-10(16(17,18)19)4-2-6-21-11/h2-8,15H,9H2,1H3,(H2,20,22). The van der Waals surface area contributed by atoms with Crippen LogP contribution >= 0.6 is 0 Å². The molecule has 0 aromatic carbocycles. The van der Waals surface area contributed by atoms with Crippen LogP contribution in [0.1, 0.15) is 23.2 Å². The lowest BCUT2D eigenvalue weighted by Crippen LogP contribution is -2.34. The summed E-state index contributed by atoms with van der Waals surface area (Å²) in [5.41, 5.74) is 4.82. The number of hydrogen-bond donors (Lipinski definition) is 1. The molecule has 1 aliphatic heterocycles. The average Bonchev–Trinajstić information content (AvgIpc) is 3.10. The molecule has 0 amide bonds. The van der Waals surface area contributed by atoms with Crippen molar-refractivity contribution in [2.75, 3.05) is 7.11 Å². The second kappa shape index (κ2) is 6.50. The minimum absolute atomic E-state index is 0.148. The second-order valence-corrected chi connectivity index (χ2v) is 5.25. The number of nitrogens with zero attached hydrogens (tertiary/aromatic N) is 3. The number of aromatic nitrogens is 1. The highest BCUT2D eigenvalue weighted by molar-refractivity contribution is 5.92. The summed E-state index contributed by atoms with van der Waals surface area (Å²) in [5, 5.41) is 0. The van der Waals surface area contributed by atoms with Gasteiger partial charge in [0.15, 0.2) is 12.0 Å². The molecular weight excluding hydrogens is 337 g/mol. The molecule has 2 aromatic rings. The number of aliphatic imine (C=N–C) groups is 1. The van der Waals surface area contributed by atoms with E-state index < -0.39 is 17.9 Å². The molecule has 2 aromatic heterocycles. The number of methoxy groups -OCH3 is 1. The van der Waals surface area contributed by atoms with Gasteiger partial charge in [-0.15, -0.1) is 0 Å². The average molecular weight is 352 g/mol. The predicted octanol–water partition coefficient (Wildman–Crippen LogP) is 3.05. The molecular formula is C16H15F3N4O2. The third-order valence-electron chi connectivity index (χ3n) is 3.64. The van der Waals surface area contributed by atoms with E-state index in [4.69, 9.17) is 14.9 Å². The summed E-state index contributed by atoms with van der Waals surface area (Å²) in [6, 6.07) is 5.56. The minimum Gasteiger partial charge on any atom is -0.482 e. The topological polar surface area (TPSA) is 76.9 Å². The van der Waals surface area contributed by atoms with Crippen LogP contribution in [-0.2, 0) is 17.5 Å². The van der Waals surface area contributed by atoms with Crippen molar-refractivity contribution < 1.29 is 22.3 Å². The summed E-state index contributed by atoms with van der Waals surface area (Å²) in [7, 11) is 1.40. The quantitative estimate of drug-likeness (QED) is 0.915. The van der Waals surface area contributed by atoms with Crippen molar-refractivity contribution in [3.63, 3.8) is 0 Å². The summed E-state index contributed by atoms with van der Waals surface area (Å²) in [6.07, 6.45) is -1.07. The van der Waals surface area contributed by atoms with E-state index in [0.29, 0.717) is 5.76 Å². The molecule has 6 nitrogen and oxygen atoms in total. The number of ether oxygens (including phenoxy) is 1. The molecule has 3 heterocycles. The number of amidine groups is 1. The van der Waals surface area contributed by atoms with E-state index in [0.717, 1.165) is 6.07 Å². The minimum atomic E-state index is -4.52. The lowest BCUT2D eigenvalue weighted by atomic mass is 10.1. The number of alkyl halides is 3. The molecule has 2 N–H and O–H groups in total. The van der Waals surface area contributed by atoms with Crippen molar-refractivity contribution in [2.45, 2.75) is 18.9 Å². The van der Waals surface area contributed by atoms with Gasteiger partial charge in [0.25, 0.3) is 0 Å². The van der Waals surface area contributed by atoms with Crippen molar-refractivity contribution in [1.29, 1.82) is 0 Å². The smallest absolute Gasteiger partial charge is 0.418 e. The summed E-state index contributed by atoms with van der Waals surface area (Å²) >= 11 is 0. The molecule has 0 saturated carbocycles. The molecule has 1 unspecified atom stereocenters. The Kier molecular flexibility index (Phi) is 4.39. The highest BCUT2D eigenvalue weighted by atomic mass is 19.4. The highest BCUT2D eigenvalue weighted by Crippen LogP contribution is 2.35. The van der Waals surface area contributed by atoms with Gasteiger partial charge in [-0.25, -0.2) is 4.99 Å². The predicted molar refractivity (Wildman–Crippen MR) is 82.9 cm³/mol. The summed E-state index contributed by atoms with van der Waals surface area (Å²) < 4.78 is 50.4. The monoisotopic (exact) mass is 352 g/mol. The van der Waals surface area contributed by atoms with Crippen molar-refractivity contribution in [2.24, 2.45) is 10.7 Å². The van der Waals surface area contributed by atoms with E-state index in [1.54, 1.807) is 12.1 Å². The van der Waals surface area contributed by atoms with Gasteiger partial charge in [0.2, 0.25) is 0 Å². The van der Waals surface area contributed by atoms with E-state index in [9.17, 15) is 13.2 Å². The summed E-state index contributed by atoms with van der Waals surface area (Å²) in [4.78, 5) is 9.65. The lowest BCUT2D eigenvalue weighted by molar-refractivity contribution is -0.138. The molecule has 9 heteroatoms. The zero-order valence-electron chi connectivity index (χ0n) is 13.2. The second-order valence-electron chi connectivity index (χ2n) is 5.25. The van der Waals surface area contributed by atoms with Gasteiger partial charge in [-0.05, 0) is 24.3 Å². The Morgan fingerprint density at radius 2 is 2.12 bits per heavy atom. The zero-order valence-corrected chi connectivity index (χ0v) is 13.2. The first-order chi connectivity index (χ1) is 11.9. The molecule has 0 spiro atoms. The van der Waals surface area contributed by atoms with Crippen LogP contribution in [-0.4, -0.2) is 22.8 Å². The first kappa shape index (κ1) is 16.9. The third kappa shape index (κ3) is 3.44. The van der Waals surface area contributed by atoms with Crippen LogP contribution < -0.4 is 5.73 Å². The van der Waals surface area contributed by atoms with E-state index in [1.807, 2.05) is 0 Å². The van der Waals surface area contributed by atoms with Gasteiger partial charge in [-0.1, -0.05) is 0 Å². The highest BCUT2D eigenvalue weighted by Gasteiger charge is 2.36. The van der Waals surface area contributed by atoms with E-state index in [1.165, 1.54) is 36.6 Å². The molecule has 1 atom stereocenters. The van der Waals surface area contributed by atoms with Crippen molar-refractivity contribution in [1.82, 2.24) is 9.88 Å². The third-order valence-corrected chi connectivity index (χ3v) is 3.64. The molecule has 0 saturated heterocycles. The molecule has 0 radical (unpaired) electrons. The molecule has 1 aliphatic rings. The fourth-order valence-corrected chi connectivity index (χ4v) is 2.56. The fraction of sp³-hybridized carbons (Fsp3) is 0.250. The van der Waals surface area contributed by atoms with Crippen LogP contribution in [0.3, 0.4) is 0 Å². The molecule has 3 rings (SSSR count). The molecule has 132 valence electrons. The van der Waals surface area contributed by atoms with Gasteiger partial charge in [0.1, 0.15) is 11.6 Å². The fourth-order valence-electron chi connectivity index (χ4n) is 2.56. The maximum absolute atomic E-state index is 13.2. The number of halogens is 3. The Labute approximate surface area is 141 Å². The SMILES string of the molecule is COC1=CC(N)=NC(c2ccco2)N1Cc1ncccc1C(F)(F)F. The lowest BCUT2D eigenvalue weighted by Gasteiger charge is -2.33. The number of rotatable bonds is 4. The van der Waals surface area contributed by atoms with Crippen LogP contribution in [0.5, 0.6) is 0 Å². The van der Waals surface area contributed by atoms with Crippen LogP contribution in [0.15, 0.2) is 58.1 Å². The van der Waals surface area contributed by atoms with Crippen LogP contribution in [0.2, 0.25) is 0 Å². The maximum atomic E-state index is 13.2. The summed E-state index contributed by atoms with van der Waals surface area (Å²) in [6.45, 7) is -0.183. The van der Waals surface area contributed by atoms with Gasteiger partial charge in [-0.2, -0.15) is 13.2 Å². The van der Waals surface area contributed by atoms with Crippen molar-refractivity contribution in [3.05, 3.63) is 65.7 Å². The van der Waals surface area contributed by atoms with Crippen molar-refractivity contribution >= 4 is 5.84 Å². The van der Waals surface area contributed by atoms with Gasteiger partial charge in [0.05, 0.1) is 31.2 Å². The van der Waals surface area contributed by atoms with E-state index in [-0.39, 0.29) is 24.0 Å². The first-order valence-electron chi connectivity index (χ1n) is 7.30. The largest absolute Gasteiger partial charge is 0.482 e.